The summed E-state index contributed by atoms with van der Waals surface area (Å²) in [4.78, 5) is 0. The van der Waals surface area contributed by atoms with E-state index in [4.69, 9.17) is 14.0 Å². The summed E-state index contributed by atoms with van der Waals surface area (Å²) >= 11 is 0. The molecule has 0 N–H and O–H groups in total. The van der Waals surface area contributed by atoms with Gasteiger partial charge in [-0.25, -0.2) is 4.39 Å². The number of nitrogens with zero attached hydrogens (tertiary/aromatic N) is 2. The first-order valence-electron chi connectivity index (χ1n) is 9.02. The molecule has 1 aromatic heterocycles. The largest absolute Gasteiger partial charge is 0.525 e. The highest BCUT2D eigenvalue weighted by Crippen LogP contribution is 2.40. The van der Waals surface area contributed by atoms with Crippen molar-refractivity contribution < 1.29 is 18.4 Å². The van der Waals surface area contributed by atoms with E-state index < -0.39 is 18.3 Å². The quantitative estimate of drug-likeness (QED) is 0.778. The molecule has 2 aliphatic heterocycles. The molecule has 2 aliphatic rings. The second-order valence-electron chi connectivity index (χ2n) is 8.07. The fraction of sp³-hybridized carbons (Fsp3) is 0.722. The van der Waals surface area contributed by atoms with Crippen LogP contribution in [0.5, 0.6) is 0 Å². The van der Waals surface area contributed by atoms with Crippen molar-refractivity contribution in [2.24, 2.45) is 5.92 Å². The Bertz CT molecular complexity index is 635. The number of hydrogen-bond donors (Lipinski definition) is 0. The summed E-state index contributed by atoms with van der Waals surface area (Å²) in [5, 5.41) is 4.39. The molecule has 0 unspecified atom stereocenters. The van der Waals surface area contributed by atoms with Gasteiger partial charge >= 0.3 is 7.12 Å². The first kappa shape index (κ1) is 18.6. The van der Waals surface area contributed by atoms with E-state index in [2.05, 4.69) is 5.10 Å². The molecule has 2 saturated heterocycles. The lowest BCUT2D eigenvalue weighted by Gasteiger charge is -2.32. The smallest absolute Gasteiger partial charge is 0.398 e. The van der Waals surface area contributed by atoms with Crippen LogP contribution in [0.2, 0.25) is 0 Å². The van der Waals surface area contributed by atoms with Gasteiger partial charge in [-0.15, -0.1) is 0 Å². The van der Waals surface area contributed by atoms with Gasteiger partial charge in [0.25, 0.3) is 0 Å². The van der Waals surface area contributed by atoms with Crippen LogP contribution in [-0.4, -0.2) is 41.3 Å². The van der Waals surface area contributed by atoms with Crippen molar-refractivity contribution in [3.05, 3.63) is 23.7 Å². The fourth-order valence-corrected chi connectivity index (χ4v) is 3.11. The predicted molar refractivity (Wildman–Crippen MR) is 95.6 cm³/mol. The van der Waals surface area contributed by atoms with Gasteiger partial charge in [0.15, 0.2) is 0 Å². The molecule has 7 heteroatoms. The van der Waals surface area contributed by atoms with Crippen LogP contribution in [0.25, 0.3) is 5.57 Å². The average molecular weight is 350 g/mol. The zero-order valence-corrected chi connectivity index (χ0v) is 15.8. The molecular formula is C18H28BFN2O3. The van der Waals surface area contributed by atoms with Crippen molar-refractivity contribution in [2.75, 3.05) is 13.2 Å². The van der Waals surface area contributed by atoms with Crippen molar-refractivity contribution in [3.8, 4) is 0 Å². The third-order valence-electron chi connectivity index (χ3n) is 5.67. The van der Waals surface area contributed by atoms with Crippen LogP contribution >= 0.6 is 0 Å². The molecule has 5 nitrogen and oxygen atoms in total. The standard InChI is InChI=1S/C18H28BFN2O3/c1-13(16(20)19-24-17(2,3)18(4,5)25-19)15-10-21-22(12-15)11-14-6-8-23-9-7-14/h10,12,14H,6-9,11H2,1-5H3. The minimum absolute atomic E-state index is 0.385. The van der Waals surface area contributed by atoms with Crippen molar-refractivity contribution in [2.45, 2.75) is 65.2 Å². The molecule has 0 saturated carbocycles. The van der Waals surface area contributed by atoms with Crippen LogP contribution in [0.3, 0.4) is 0 Å². The maximum Gasteiger partial charge on any atom is 0.525 e. The summed E-state index contributed by atoms with van der Waals surface area (Å²) in [6.45, 7) is 11.9. The van der Waals surface area contributed by atoms with Crippen LogP contribution in [-0.2, 0) is 20.6 Å². The molecule has 3 rings (SSSR count). The molecule has 3 heterocycles. The molecule has 25 heavy (non-hydrogen) atoms. The molecule has 0 spiro atoms. The normalized spacial score (nSPS) is 24.5. The Morgan fingerprint density at radius 2 is 1.84 bits per heavy atom. The van der Waals surface area contributed by atoms with Gasteiger partial charge in [0, 0.05) is 31.5 Å². The van der Waals surface area contributed by atoms with Crippen molar-refractivity contribution >= 4 is 12.7 Å². The number of halogens is 1. The van der Waals surface area contributed by atoms with Crippen molar-refractivity contribution in [3.63, 3.8) is 0 Å². The SMILES string of the molecule is CC(=C(F)B1OC(C)(C)C(C)(C)O1)c1cnn(CC2CCOCC2)c1. The van der Waals surface area contributed by atoms with Gasteiger partial charge in [-0.2, -0.15) is 5.10 Å². The lowest BCUT2D eigenvalue weighted by Crippen LogP contribution is -2.41. The van der Waals surface area contributed by atoms with E-state index in [-0.39, 0.29) is 5.73 Å². The minimum Gasteiger partial charge on any atom is -0.398 e. The van der Waals surface area contributed by atoms with E-state index in [9.17, 15) is 4.39 Å². The van der Waals surface area contributed by atoms with E-state index in [1.165, 1.54) is 0 Å². The second-order valence-corrected chi connectivity index (χ2v) is 8.07. The van der Waals surface area contributed by atoms with Gasteiger partial charge in [0.2, 0.25) is 0 Å². The lowest BCUT2D eigenvalue weighted by molar-refractivity contribution is 0.00578. The zero-order chi connectivity index (χ0) is 18.2. The molecule has 0 aliphatic carbocycles. The summed E-state index contributed by atoms with van der Waals surface area (Å²) < 4.78 is 33.8. The Morgan fingerprint density at radius 1 is 1.24 bits per heavy atom. The highest BCUT2D eigenvalue weighted by molar-refractivity contribution is 6.55. The topological polar surface area (TPSA) is 45.5 Å². The van der Waals surface area contributed by atoms with Crippen LogP contribution in [0.4, 0.5) is 4.39 Å². The van der Waals surface area contributed by atoms with Crippen LogP contribution < -0.4 is 0 Å². The number of rotatable bonds is 4. The Morgan fingerprint density at radius 3 is 2.44 bits per heavy atom. The number of allylic oxidation sites excluding steroid dienone is 1. The van der Waals surface area contributed by atoms with E-state index in [1.807, 2.05) is 38.6 Å². The fourth-order valence-electron chi connectivity index (χ4n) is 3.11. The van der Waals surface area contributed by atoms with E-state index in [0.717, 1.165) is 38.2 Å². The molecule has 0 radical (unpaired) electrons. The molecule has 138 valence electrons. The third kappa shape index (κ3) is 3.83. The zero-order valence-electron chi connectivity index (χ0n) is 15.8. The average Bonchev–Trinajstić information content (AvgIpc) is 3.09. The number of hydrogen-bond acceptors (Lipinski definition) is 4. The Balaban J connectivity index is 1.71. The van der Waals surface area contributed by atoms with Gasteiger partial charge < -0.3 is 14.0 Å². The molecule has 2 fully saturated rings. The summed E-state index contributed by atoms with van der Waals surface area (Å²) in [6.07, 6.45) is 5.70. The van der Waals surface area contributed by atoms with Gasteiger partial charge in [0.05, 0.1) is 17.4 Å². The highest BCUT2D eigenvalue weighted by Gasteiger charge is 2.53. The molecule has 0 atom stereocenters. The lowest BCUT2D eigenvalue weighted by atomic mass is 9.84. The Labute approximate surface area is 149 Å². The summed E-state index contributed by atoms with van der Waals surface area (Å²) in [6, 6.07) is 0. The Kier molecular flexibility index (Phi) is 5.10. The monoisotopic (exact) mass is 350 g/mol. The molecule has 0 aromatic carbocycles. The second kappa shape index (κ2) is 6.85. The number of aromatic nitrogens is 2. The molecular weight excluding hydrogens is 322 g/mol. The predicted octanol–water partition coefficient (Wildman–Crippen LogP) is 3.64. The molecule has 0 bridgehead atoms. The molecule has 0 amide bonds. The summed E-state index contributed by atoms with van der Waals surface area (Å²) in [5.41, 5.74) is -0.217. The van der Waals surface area contributed by atoms with E-state index in [1.54, 1.807) is 13.1 Å². The summed E-state index contributed by atoms with van der Waals surface area (Å²) in [7, 11) is -0.969. The Hall–Kier alpha value is -1.18. The number of ether oxygens (including phenoxy) is 1. The van der Waals surface area contributed by atoms with Gasteiger partial charge in [-0.05, 0) is 59.0 Å². The van der Waals surface area contributed by atoms with E-state index >= 15 is 0 Å². The first-order valence-corrected chi connectivity index (χ1v) is 9.02. The minimum atomic E-state index is -0.969. The van der Waals surface area contributed by atoms with Crippen LogP contribution in [0.15, 0.2) is 18.1 Å². The highest BCUT2D eigenvalue weighted by atomic mass is 19.1. The summed E-state index contributed by atoms with van der Waals surface area (Å²) in [5.74, 6) is 0.568. The third-order valence-corrected chi connectivity index (χ3v) is 5.67. The van der Waals surface area contributed by atoms with Crippen LogP contribution in [0, 0.1) is 5.92 Å². The van der Waals surface area contributed by atoms with Gasteiger partial charge in [-0.3, -0.25) is 4.68 Å². The maximum absolute atomic E-state index is 14.9. The first-order chi connectivity index (χ1) is 11.7. The van der Waals surface area contributed by atoms with Gasteiger partial charge in [0.1, 0.15) is 5.73 Å². The molecule has 1 aromatic rings. The van der Waals surface area contributed by atoms with Crippen molar-refractivity contribution in [1.29, 1.82) is 0 Å². The van der Waals surface area contributed by atoms with Crippen LogP contribution in [0.1, 0.15) is 53.0 Å². The van der Waals surface area contributed by atoms with E-state index in [0.29, 0.717) is 11.5 Å². The maximum atomic E-state index is 14.9. The van der Waals surface area contributed by atoms with Crippen molar-refractivity contribution in [1.82, 2.24) is 9.78 Å². The van der Waals surface area contributed by atoms with Gasteiger partial charge in [-0.1, -0.05) is 0 Å².